The summed E-state index contributed by atoms with van der Waals surface area (Å²) in [4.78, 5) is 15.6. The van der Waals surface area contributed by atoms with Crippen LogP contribution < -0.4 is 16.4 Å². The Morgan fingerprint density at radius 2 is 1.80 bits per heavy atom. The monoisotopic (exact) mass is 473 g/mol. The lowest BCUT2D eigenvalue weighted by Gasteiger charge is -2.23. The van der Waals surface area contributed by atoms with E-state index in [1.165, 1.54) is 0 Å². The summed E-state index contributed by atoms with van der Waals surface area (Å²) in [7, 11) is 0. The molecule has 0 spiro atoms. The average Bonchev–Trinajstić information content (AvgIpc) is 3.42. The van der Waals surface area contributed by atoms with E-state index in [9.17, 15) is 10.2 Å². The van der Waals surface area contributed by atoms with Gasteiger partial charge >= 0.3 is 0 Å². The molecular weight excluding hydrogens is 446 g/mol. The van der Waals surface area contributed by atoms with E-state index in [1.807, 2.05) is 71.8 Å². The van der Waals surface area contributed by atoms with Gasteiger partial charge in [0.1, 0.15) is 17.9 Å². The highest BCUT2D eigenvalue weighted by Crippen LogP contribution is 2.36. The van der Waals surface area contributed by atoms with Crippen LogP contribution in [0.1, 0.15) is 6.23 Å². The van der Waals surface area contributed by atoms with Crippen LogP contribution in [-0.4, -0.2) is 62.6 Å². The Labute approximate surface area is 202 Å². The van der Waals surface area contributed by atoms with Crippen LogP contribution in [0.5, 0.6) is 0 Å². The number of hydrogen-bond acceptors (Lipinski definition) is 7. The van der Waals surface area contributed by atoms with Gasteiger partial charge < -0.3 is 35.9 Å². The molecule has 0 amide bonds. The first-order valence-electron chi connectivity index (χ1n) is 11.3. The number of aliphatic hydroxyl groups is 2. The van der Waals surface area contributed by atoms with Crippen molar-refractivity contribution in [2.45, 2.75) is 18.4 Å². The molecule has 180 valence electrons. The maximum absolute atomic E-state index is 10.6. The van der Waals surface area contributed by atoms with Crippen LogP contribution in [0.3, 0.4) is 0 Å². The molecule has 0 unspecified atom stereocenters. The van der Waals surface area contributed by atoms with Crippen LogP contribution in [-0.2, 0) is 4.74 Å². The highest BCUT2D eigenvalue weighted by molar-refractivity contribution is 5.94. The first-order chi connectivity index (χ1) is 17.0. The molecule has 10 heteroatoms. The minimum absolute atomic E-state index is 0.0155. The fraction of sp³-hybridized carbons (Fsp3) is 0.240. The van der Waals surface area contributed by atoms with E-state index < -0.39 is 18.4 Å². The summed E-state index contributed by atoms with van der Waals surface area (Å²) in [5.74, 6) is 0.461. The molecule has 0 radical (unpaired) electrons. The predicted octanol–water partition coefficient (Wildman–Crippen LogP) is 1.76. The summed E-state index contributed by atoms with van der Waals surface area (Å²) >= 11 is 0. The van der Waals surface area contributed by atoms with Gasteiger partial charge in [-0.25, -0.2) is 4.98 Å². The number of hydrogen-bond donors (Lipinski definition) is 4. The molecule has 5 rings (SSSR count). The fourth-order valence-corrected chi connectivity index (χ4v) is 4.25. The first-order valence-corrected chi connectivity index (χ1v) is 11.3. The molecule has 1 fully saturated rings. The SMILES string of the molecule is NC(N)=NCCN(c1ccccc1)c1ncc2c(-c3ccccc3)cn([C@@H]3OC[C@@H](O)[C@H]3O)c2n1. The van der Waals surface area contributed by atoms with Crippen molar-refractivity contribution in [3.8, 4) is 11.1 Å². The molecule has 1 aliphatic rings. The van der Waals surface area contributed by atoms with Crippen LogP contribution in [0.15, 0.2) is 78.0 Å². The molecule has 35 heavy (non-hydrogen) atoms. The first kappa shape index (κ1) is 22.8. The maximum Gasteiger partial charge on any atom is 0.231 e. The van der Waals surface area contributed by atoms with Gasteiger partial charge in [0, 0.05) is 35.6 Å². The topological polar surface area (TPSA) is 148 Å². The van der Waals surface area contributed by atoms with Crippen LogP contribution in [0.2, 0.25) is 0 Å². The van der Waals surface area contributed by atoms with Gasteiger partial charge in [-0.15, -0.1) is 0 Å². The molecule has 0 bridgehead atoms. The Morgan fingerprint density at radius 3 is 2.46 bits per heavy atom. The van der Waals surface area contributed by atoms with Gasteiger partial charge in [-0.2, -0.15) is 4.98 Å². The Morgan fingerprint density at radius 1 is 1.09 bits per heavy atom. The summed E-state index contributed by atoms with van der Waals surface area (Å²) in [6.07, 6.45) is 0.820. The van der Waals surface area contributed by atoms with Crippen molar-refractivity contribution in [3.63, 3.8) is 0 Å². The van der Waals surface area contributed by atoms with Gasteiger partial charge in [0.2, 0.25) is 5.95 Å². The van der Waals surface area contributed by atoms with Gasteiger partial charge in [-0.1, -0.05) is 48.5 Å². The number of para-hydroxylation sites is 1. The van der Waals surface area contributed by atoms with Crippen molar-refractivity contribution >= 4 is 28.6 Å². The normalized spacial score (nSPS) is 19.7. The summed E-state index contributed by atoms with van der Waals surface area (Å²) in [5.41, 5.74) is 14.4. The van der Waals surface area contributed by atoms with E-state index in [4.69, 9.17) is 21.2 Å². The van der Waals surface area contributed by atoms with Crippen molar-refractivity contribution in [3.05, 3.63) is 73.1 Å². The lowest BCUT2D eigenvalue weighted by atomic mass is 10.1. The molecule has 0 saturated carbocycles. The number of guanidine groups is 1. The van der Waals surface area contributed by atoms with E-state index in [-0.39, 0.29) is 12.6 Å². The number of aliphatic hydroxyl groups excluding tert-OH is 2. The predicted molar refractivity (Wildman–Crippen MR) is 134 cm³/mol. The molecule has 0 aliphatic carbocycles. The number of aliphatic imine (C=N–C) groups is 1. The second-order valence-electron chi connectivity index (χ2n) is 8.30. The molecule has 4 aromatic rings. The molecule has 10 nitrogen and oxygen atoms in total. The van der Waals surface area contributed by atoms with E-state index in [0.29, 0.717) is 24.7 Å². The molecule has 3 atom stereocenters. The third-order valence-electron chi connectivity index (χ3n) is 5.97. The Hall–Kier alpha value is -3.99. The minimum atomic E-state index is -1.08. The zero-order valence-corrected chi connectivity index (χ0v) is 19.0. The highest BCUT2D eigenvalue weighted by Gasteiger charge is 2.37. The second-order valence-corrected chi connectivity index (χ2v) is 8.30. The third-order valence-corrected chi connectivity index (χ3v) is 5.97. The van der Waals surface area contributed by atoms with Gasteiger partial charge in [0.15, 0.2) is 12.2 Å². The number of nitrogens with two attached hydrogens (primary N) is 2. The van der Waals surface area contributed by atoms with E-state index in [1.54, 1.807) is 10.8 Å². The molecule has 1 aliphatic heterocycles. The molecule has 3 heterocycles. The number of ether oxygens (including phenoxy) is 1. The lowest BCUT2D eigenvalue weighted by Crippen LogP contribution is -2.28. The minimum Gasteiger partial charge on any atom is -0.388 e. The van der Waals surface area contributed by atoms with Gasteiger partial charge in [-0.3, -0.25) is 4.99 Å². The van der Waals surface area contributed by atoms with Gasteiger partial charge in [-0.05, 0) is 17.7 Å². The summed E-state index contributed by atoms with van der Waals surface area (Å²) in [6, 6.07) is 19.6. The third kappa shape index (κ3) is 4.54. The van der Waals surface area contributed by atoms with Crippen LogP contribution in [0, 0.1) is 0 Å². The molecule has 1 saturated heterocycles. The number of benzene rings is 2. The Balaban J connectivity index is 1.64. The zero-order valence-electron chi connectivity index (χ0n) is 19.0. The zero-order chi connectivity index (χ0) is 24.4. The fourth-order valence-electron chi connectivity index (χ4n) is 4.25. The maximum atomic E-state index is 10.6. The second kappa shape index (κ2) is 9.71. The molecule has 6 N–H and O–H groups in total. The van der Waals surface area contributed by atoms with Crippen molar-refractivity contribution in [2.24, 2.45) is 16.5 Å². The summed E-state index contributed by atoms with van der Waals surface area (Å²) < 4.78 is 7.51. The molecule has 2 aromatic heterocycles. The van der Waals surface area contributed by atoms with Crippen molar-refractivity contribution in [1.29, 1.82) is 0 Å². The number of aromatic nitrogens is 3. The highest BCUT2D eigenvalue weighted by atomic mass is 16.5. The van der Waals surface area contributed by atoms with Gasteiger partial charge in [0.25, 0.3) is 0 Å². The van der Waals surface area contributed by atoms with Crippen LogP contribution in [0.4, 0.5) is 11.6 Å². The van der Waals surface area contributed by atoms with Crippen molar-refractivity contribution in [1.82, 2.24) is 14.5 Å². The number of nitrogens with zero attached hydrogens (tertiary/aromatic N) is 5. The van der Waals surface area contributed by atoms with E-state index in [2.05, 4.69) is 9.98 Å². The van der Waals surface area contributed by atoms with Crippen LogP contribution in [0.25, 0.3) is 22.2 Å². The summed E-state index contributed by atoms with van der Waals surface area (Å²) in [6.45, 7) is 0.839. The van der Waals surface area contributed by atoms with Crippen molar-refractivity contribution in [2.75, 3.05) is 24.6 Å². The summed E-state index contributed by atoms with van der Waals surface area (Å²) in [5, 5.41) is 21.5. The number of fused-ring (bicyclic) bond motifs is 1. The van der Waals surface area contributed by atoms with Crippen LogP contribution >= 0.6 is 0 Å². The number of anilines is 2. The average molecular weight is 474 g/mol. The van der Waals surface area contributed by atoms with Crippen molar-refractivity contribution < 1.29 is 14.9 Å². The molecule has 2 aromatic carbocycles. The largest absolute Gasteiger partial charge is 0.388 e. The molecular formula is C25H27N7O3. The van der Waals surface area contributed by atoms with Gasteiger partial charge in [0.05, 0.1) is 13.2 Å². The smallest absolute Gasteiger partial charge is 0.231 e. The van der Waals surface area contributed by atoms with E-state index >= 15 is 0 Å². The Bertz CT molecular complexity index is 1320. The number of rotatable bonds is 7. The van der Waals surface area contributed by atoms with E-state index in [0.717, 1.165) is 22.2 Å². The standard InChI is InChI=1S/C25H27N7O3/c26-24(27)28-11-12-31(17-9-5-2-6-10-17)25-29-13-18-19(16-7-3-1-4-8-16)14-32(22(18)30-25)23-21(34)20(33)15-35-23/h1-10,13-14,20-21,23,33-34H,11-12,15H2,(H4,26,27,28)/t20-,21-,23-/m1/s1. The quantitative estimate of drug-likeness (QED) is 0.234. The lowest BCUT2D eigenvalue weighted by molar-refractivity contribution is -0.0159. The Kier molecular flexibility index (Phi) is 6.32.